The zero-order chi connectivity index (χ0) is 24.4. The zero-order valence-electron chi connectivity index (χ0n) is 16.6. The number of pyridine rings is 1. The summed E-state index contributed by atoms with van der Waals surface area (Å²) in [7, 11) is 0. The highest BCUT2D eigenvalue weighted by Crippen LogP contribution is 2.39. The average molecular weight is 467 g/mol. The fourth-order valence-corrected chi connectivity index (χ4v) is 3.31. The molecule has 0 saturated heterocycles. The number of nitrogens with zero attached hydrogens (tertiary/aromatic N) is 1. The smallest absolute Gasteiger partial charge is 0.418 e. The fraction of sp³-hybridized carbons (Fsp3) is 0.174. The quantitative estimate of drug-likeness (QED) is 0.345. The van der Waals surface area contributed by atoms with Crippen molar-refractivity contribution in [2.45, 2.75) is 24.7 Å². The molecule has 3 aromatic rings. The molecule has 172 valence electrons. The number of carboxylic acid groups (broad SMARTS) is 1. The van der Waals surface area contributed by atoms with Crippen LogP contribution >= 0.6 is 0 Å². The maximum absolute atomic E-state index is 13.6. The van der Waals surface area contributed by atoms with Crippen molar-refractivity contribution in [3.05, 3.63) is 100 Å². The Labute approximate surface area is 183 Å². The van der Waals surface area contributed by atoms with Crippen molar-refractivity contribution in [2.24, 2.45) is 0 Å². The summed E-state index contributed by atoms with van der Waals surface area (Å²) in [4.78, 5) is 27.6. The standard InChI is InChI=1S/C23H15F6NO3/c24-22(25,26)16-9-7-13(8-10-16)17(20-18(23(27,28)29)2-1-11-30-20)12-19(31)14-3-5-15(6-4-14)21(32)33/h1-11,17H,12H2,(H,32,33)/t17-/m0/s1. The number of hydrogen-bond donors (Lipinski definition) is 1. The van der Waals surface area contributed by atoms with Gasteiger partial charge in [0.2, 0.25) is 0 Å². The topological polar surface area (TPSA) is 67.3 Å². The van der Waals surface area contributed by atoms with Gasteiger partial charge in [-0.15, -0.1) is 0 Å². The van der Waals surface area contributed by atoms with Gasteiger partial charge >= 0.3 is 18.3 Å². The third-order valence-electron chi connectivity index (χ3n) is 4.96. The van der Waals surface area contributed by atoms with Crippen LogP contribution < -0.4 is 0 Å². The Hall–Kier alpha value is -3.69. The van der Waals surface area contributed by atoms with Crippen LogP contribution in [0, 0.1) is 0 Å². The number of aromatic nitrogens is 1. The van der Waals surface area contributed by atoms with Crippen molar-refractivity contribution in [1.82, 2.24) is 4.98 Å². The monoisotopic (exact) mass is 467 g/mol. The number of Topliss-reactive ketones (excluding diaryl/α,β-unsaturated/α-hetero) is 1. The summed E-state index contributed by atoms with van der Waals surface area (Å²) in [6.45, 7) is 0. The lowest BCUT2D eigenvalue weighted by Crippen LogP contribution is -2.17. The first-order valence-corrected chi connectivity index (χ1v) is 9.43. The van der Waals surface area contributed by atoms with E-state index in [9.17, 15) is 35.9 Å². The Morgan fingerprint density at radius 1 is 0.818 bits per heavy atom. The van der Waals surface area contributed by atoms with Crippen molar-refractivity contribution in [3.63, 3.8) is 0 Å². The molecule has 0 radical (unpaired) electrons. The van der Waals surface area contributed by atoms with Crippen LogP contribution in [0.15, 0.2) is 66.9 Å². The summed E-state index contributed by atoms with van der Waals surface area (Å²) < 4.78 is 79.6. The molecular weight excluding hydrogens is 452 g/mol. The van der Waals surface area contributed by atoms with Gasteiger partial charge < -0.3 is 5.11 Å². The van der Waals surface area contributed by atoms with Gasteiger partial charge in [0.25, 0.3) is 0 Å². The van der Waals surface area contributed by atoms with Crippen LogP contribution in [0.3, 0.4) is 0 Å². The van der Waals surface area contributed by atoms with Crippen molar-refractivity contribution in [2.75, 3.05) is 0 Å². The van der Waals surface area contributed by atoms with Crippen LogP contribution in [0.5, 0.6) is 0 Å². The van der Waals surface area contributed by atoms with Crippen molar-refractivity contribution >= 4 is 11.8 Å². The molecule has 1 atom stereocenters. The highest BCUT2D eigenvalue weighted by molar-refractivity contribution is 5.98. The van der Waals surface area contributed by atoms with Crippen LogP contribution in [-0.4, -0.2) is 21.8 Å². The van der Waals surface area contributed by atoms with E-state index in [1.54, 1.807) is 0 Å². The highest BCUT2D eigenvalue weighted by atomic mass is 19.4. The summed E-state index contributed by atoms with van der Waals surface area (Å²) in [5.41, 5.74) is -2.60. The molecule has 1 N–H and O–H groups in total. The molecule has 0 bridgehead atoms. The van der Waals surface area contributed by atoms with Crippen molar-refractivity contribution in [1.29, 1.82) is 0 Å². The first-order valence-electron chi connectivity index (χ1n) is 9.43. The summed E-state index contributed by atoms with van der Waals surface area (Å²) in [6, 6.07) is 10.1. The number of carbonyl (C=O) groups is 2. The number of ketones is 1. The van der Waals surface area contributed by atoms with E-state index < -0.39 is 53.3 Å². The van der Waals surface area contributed by atoms with Crippen LogP contribution in [0.2, 0.25) is 0 Å². The molecule has 0 fully saturated rings. The molecule has 0 spiro atoms. The first-order chi connectivity index (χ1) is 15.4. The molecule has 0 amide bonds. The second kappa shape index (κ2) is 9.05. The van der Waals surface area contributed by atoms with E-state index in [0.717, 1.165) is 42.6 Å². The van der Waals surface area contributed by atoms with Crippen molar-refractivity contribution < 1.29 is 41.0 Å². The number of aromatic carboxylic acids is 1. The van der Waals surface area contributed by atoms with Gasteiger partial charge in [-0.25, -0.2) is 4.79 Å². The maximum atomic E-state index is 13.6. The predicted octanol–water partition coefficient (Wildman–Crippen LogP) is 6.22. The Bertz CT molecular complexity index is 1150. The summed E-state index contributed by atoms with van der Waals surface area (Å²) in [6.07, 6.45) is -8.87. The van der Waals surface area contributed by atoms with E-state index in [1.165, 1.54) is 24.3 Å². The molecule has 0 aliphatic rings. The summed E-state index contributed by atoms with van der Waals surface area (Å²) in [5.74, 6) is -3.15. The second-order valence-corrected chi connectivity index (χ2v) is 7.12. The molecule has 1 aromatic heterocycles. The van der Waals surface area contributed by atoms with Gasteiger partial charge in [-0.2, -0.15) is 26.3 Å². The normalized spacial score (nSPS) is 12.9. The van der Waals surface area contributed by atoms with E-state index in [4.69, 9.17) is 5.11 Å². The molecule has 0 unspecified atom stereocenters. The van der Waals surface area contributed by atoms with Crippen LogP contribution in [0.1, 0.15) is 55.4 Å². The van der Waals surface area contributed by atoms with Crippen LogP contribution in [0.4, 0.5) is 26.3 Å². The molecule has 2 aromatic carbocycles. The van der Waals surface area contributed by atoms with E-state index in [1.807, 2.05) is 0 Å². The SMILES string of the molecule is O=C(O)c1ccc(C(=O)C[C@@H](c2ccc(C(F)(F)F)cc2)c2ncccc2C(F)(F)F)cc1. The third-order valence-corrected chi connectivity index (χ3v) is 4.96. The fourth-order valence-electron chi connectivity index (χ4n) is 3.31. The lowest BCUT2D eigenvalue weighted by atomic mass is 9.86. The lowest BCUT2D eigenvalue weighted by molar-refractivity contribution is -0.139. The molecule has 0 saturated carbocycles. The zero-order valence-corrected chi connectivity index (χ0v) is 16.6. The number of carbonyl (C=O) groups excluding carboxylic acids is 1. The molecule has 0 aliphatic heterocycles. The minimum Gasteiger partial charge on any atom is -0.478 e. The van der Waals surface area contributed by atoms with E-state index in [-0.39, 0.29) is 16.7 Å². The van der Waals surface area contributed by atoms with Crippen LogP contribution in [-0.2, 0) is 12.4 Å². The first kappa shape index (κ1) is 24.0. The lowest BCUT2D eigenvalue weighted by Gasteiger charge is -2.21. The summed E-state index contributed by atoms with van der Waals surface area (Å²) in [5, 5.41) is 8.96. The number of rotatable bonds is 6. The Balaban J connectivity index is 2.05. The van der Waals surface area contributed by atoms with E-state index in [0.29, 0.717) is 0 Å². The number of benzene rings is 2. The molecular formula is C23H15F6NO3. The molecule has 0 aliphatic carbocycles. The van der Waals surface area contributed by atoms with Gasteiger partial charge in [-0.1, -0.05) is 24.3 Å². The van der Waals surface area contributed by atoms with Crippen LogP contribution in [0.25, 0.3) is 0 Å². The molecule has 4 nitrogen and oxygen atoms in total. The molecule has 3 rings (SSSR count). The Kier molecular flexibility index (Phi) is 6.57. The van der Waals surface area contributed by atoms with E-state index in [2.05, 4.69) is 4.98 Å². The largest absolute Gasteiger partial charge is 0.478 e. The predicted molar refractivity (Wildman–Crippen MR) is 105 cm³/mol. The van der Waals surface area contributed by atoms with Gasteiger partial charge in [0.05, 0.1) is 22.4 Å². The minimum atomic E-state index is -4.81. The molecule has 33 heavy (non-hydrogen) atoms. The third kappa shape index (κ3) is 5.57. The number of hydrogen-bond acceptors (Lipinski definition) is 3. The van der Waals surface area contributed by atoms with Gasteiger partial charge in [-0.3, -0.25) is 9.78 Å². The number of alkyl halides is 6. The Morgan fingerprint density at radius 3 is 1.91 bits per heavy atom. The highest BCUT2D eigenvalue weighted by Gasteiger charge is 2.37. The van der Waals surface area contributed by atoms with Gasteiger partial charge in [0, 0.05) is 24.1 Å². The second-order valence-electron chi connectivity index (χ2n) is 7.12. The van der Waals surface area contributed by atoms with Gasteiger partial charge in [0.1, 0.15) is 0 Å². The van der Waals surface area contributed by atoms with Gasteiger partial charge in [-0.05, 0) is 42.0 Å². The Morgan fingerprint density at radius 2 is 1.39 bits per heavy atom. The molecule has 10 heteroatoms. The number of carboxylic acids is 1. The summed E-state index contributed by atoms with van der Waals surface area (Å²) >= 11 is 0. The van der Waals surface area contributed by atoms with E-state index >= 15 is 0 Å². The molecule has 1 heterocycles. The average Bonchev–Trinajstić information content (AvgIpc) is 2.76. The minimum absolute atomic E-state index is 0.0430. The number of halogens is 6. The van der Waals surface area contributed by atoms with Crippen molar-refractivity contribution in [3.8, 4) is 0 Å². The maximum Gasteiger partial charge on any atom is 0.418 e. The van der Waals surface area contributed by atoms with Gasteiger partial charge in [0.15, 0.2) is 5.78 Å².